The molecule has 1 amide bonds. The van der Waals surface area contributed by atoms with Crippen LogP contribution in [0.2, 0.25) is 0 Å². The average Bonchev–Trinajstić information content (AvgIpc) is 3.08. The molecule has 0 spiro atoms. The SMILES string of the molecule is C=C1[C@@H]2CC[C@@]1(C(=O)N(C)C1CCC1)c1nnc(-c3c(F)cccc3F)cc12. The Bertz CT molecular complexity index is 997. The molecule has 0 N–H and O–H groups in total. The fourth-order valence-corrected chi connectivity index (χ4v) is 5.06. The second-order valence-electron chi connectivity index (χ2n) is 8.15. The molecule has 2 saturated carbocycles. The maximum atomic E-state index is 14.2. The summed E-state index contributed by atoms with van der Waals surface area (Å²) < 4.78 is 28.4. The highest BCUT2D eigenvalue weighted by atomic mass is 19.1. The summed E-state index contributed by atoms with van der Waals surface area (Å²) in [7, 11) is 1.86. The second kappa shape index (κ2) is 5.93. The summed E-state index contributed by atoms with van der Waals surface area (Å²) in [5.41, 5.74) is 1.43. The molecule has 1 aromatic carbocycles. The number of fused-ring (bicyclic) bond motifs is 5. The maximum Gasteiger partial charge on any atom is 0.239 e. The predicted molar refractivity (Wildman–Crippen MR) is 101 cm³/mol. The van der Waals surface area contributed by atoms with Crippen molar-refractivity contribution in [2.75, 3.05) is 7.05 Å². The first kappa shape index (κ1) is 17.5. The van der Waals surface area contributed by atoms with E-state index in [1.165, 1.54) is 18.2 Å². The summed E-state index contributed by atoms with van der Waals surface area (Å²) in [6, 6.07) is 5.70. The Morgan fingerprint density at radius 2 is 1.93 bits per heavy atom. The molecule has 28 heavy (non-hydrogen) atoms. The zero-order valence-corrected chi connectivity index (χ0v) is 15.7. The van der Waals surface area contributed by atoms with Crippen LogP contribution >= 0.6 is 0 Å². The molecular weight excluding hydrogens is 360 g/mol. The van der Waals surface area contributed by atoms with E-state index in [1.807, 2.05) is 11.9 Å². The van der Waals surface area contributed by atoms with Gasteiger partial charge in [0.25, 0.3) is 0 Å². The van der Waals surface area contributed by atoms with E-state index in [-0.39, 0.29) is 29.1 Å². The van der Waals surface area contributed by atoms with Crippen LogP contribution in [0.15, 0.2) is 36.4 Å². The lowest BCUT2D eigenvalue weighted by Gasteiger charge is -2.39. The van der Waals surface area contributed by atoms with Gasteiger partial charge in [0, 0.05) is 19.0 Å². The van der Waals surface area contributed by atoms with Crippen molar-refractivity contribution < 1.29 is 13.6 Å². The van der Waals surface area contributed by atoms with Crippen molar-refractivity contribution in [1.29, 1.82) is 0 Å². The molecule has 3 aliphatic carbocycles. The highest BCUT2D eigenvalue weighted by Gasteiger charge is 2.60. The van der Waals surface area contributed by atoms with E-state index >= 15 is 0 Å². The van der Waals surface area contributed by atoms with Crippen LogP contribution in [0.3, 0.4) is 0 Å². The zero-order chi connectivity index (χ0) is 19.6. The number of hydrogen-bond acceptors (Lipinski definition) is 3. The highest BCUT2D eigenvalue weighted by Crippen LogP contribution is 2.60. The molecule has 6 heteroatoms. The minimum Gasteiger partial charge on any atom is -0.342 e. The minimum atomic E-state index is -0.844. The zero-order valence-electron chi connectivity index (χ0n) is 15.7. The first-order valence-electron chi connectivity index (χ1n) is 9.74. The number of rotatable bonds is 3. The minimum absolute atomic E-state index is 0.0159. The van der Waals surface area contributed by atoms with Gasteiger partial charge in [-0.1, -0.05) is 12.6 Å². The van der Waals surface area contributed by atoms with E-state index in [9.17, 15) is 13.6 Å². The molecule has 0 saturated heterocycles. The summed E-state index contributed by atoms with van der Waals surface area (Å²) in [4.78, 5) is 15.3. The van der Waals surface area contributed by atoms with Gasteiger partial charge in [0.1, 0.15) is 17.0 Å². The van der Waals surface area contributed by atoms with E-state index in [0.29, 0.717) is 12.1 Å². The number of aromatic nitrogens is 2. The molecule has 1 heterocycles. The number of hydrogen-bond donors (Lipinski definition) is 0. The predicted octanol–water partition coefficient (Wildman–Crippen LogP) is 4.12. The summed E-state index contributed by atoms with van der Waals surface area (Å²) in [6.07, 6.45) is 4.66. The van der Waals surface area contributed by atoms with Crippen molar-refractivity contribution in [3.05, 3.63) is 59.3 Å². The van der Waals surface area contributed by atoms with Crippen LogP contribution in [0.4, 0.5) is 8.78 Å². The van der Waals surface area contributed by atoms with Crippen LogP contribution < -0.4 is 0 Å². The van der Waals surface area contributed by atoms with E-state index in [0.717, 1.165) is 36.8 Å². The van der Waals surface area contributed by atoms with Crippen LogP contribution in [0.25, 0.3) is 11.3 Å². The lowest BCUT2D eigenvalue weighted by atomic mass is 9.78. The number of benzene rings is 1. The normalized spacial score (nSPS) is 25.5. The van der Waals surface area contributed by atoms with Gasteiger partial charge < -0.3 is 4.90 Å². The van der Waals surface area contributed by atoms with Crippen molar-refractivity contribution in [2.24, 2.45) is 0 Å². The van der Waals surface area contributed by atoms with Gasteiger partial charge in [0.2, 0.25) is 5.91 Å². The standard InChI is InChI=1S/C22H21F2N3O/c1-12-14-9-10-22(12,21(28)27(2)13-5-3-6-13)20-15(14)11-18(25-26-20)19-16(23)7-4-8-17(19)24/h4,7-8,11,13-14H,1,3,5-6,9-10H2,2H3/t14-,22-/m0/s1. The molecule has 2 aromatic rings. The Balaban J connectivity index is 1.60. The third-order valence-corrected chi connectivity index (χ3v) is 6.91. The van der Waals surface area contributed by atoms with Gasteiger partial charge in [0.15, 0.2) is 0 Å². The van der Waals surface area contributed by atoms with Gasteiger partial charge in [-0.15, -0.1) is 5.10 Å². The highest BCUT2D eigenvalue weighted by molar-refractivity contribution is 5.95. The van der Waals surface area contributed by atoms with Crippen molar-refractivity contribution in [3.63, 3.8) is 0 Å². The largest absolute Gasteiger partial charge is 0.342 e. The number of amides is 1. The van der Waals surface area contributed by atoms with E-state index in [1.54, 1.807) is 6.07 Å². The molecule has 0 radical (unpaired) electrons. The maximum absolute atomic E-state index is 14.2. The van der Waals surface area contributed by atoms with Crippen LogP contribution in [0.5, 0.6) is 0 Å². The van der Waals surface area contributed by atoms with Crippen molar-refractivity contribution in [1.82, 2.24) is 15.1 Å². The van der Waals surface area contributed by atoms with E-state index < -0.39 is 17.0 Å². The van der Waals surface area contributed by atoms with Crippen LogP contribution in [-0.4, -0.2) is 34.1 Å². The topological polar surface area (TPSA) is 46.1 Å². The first-order chi connectivity index (χ1) is 13.4. The summed E-state index contributed by atoms with van der Waals surface area (Å²) in [6.45, 7) is 4.25. The van der Waals surface area contributed by atoms with Crippen molar-refractivity contribution in [2.45, 2.75) is 49.5 Å². The van der Waals surface area contributed by atoms with Crippen LogP contribution in [-0.2, 0) is 10.2 Å². The molecule has 0 unspecified atom stereocenters. The molecule has 3 aliphatic rings. The van der Waals surface area contributed by atoms with Gasteiger partial charge in [-0.2, -0.15) is 5.10 Å². The monoisotopic (exact) mass is 381 g/mol. The quantitative estimate of drug-likeness (QED) is 0.752. The third kappa shape index (κ3) is 2.11. The van der Waals surface area contributed by atoms with Gasteiger partial charge in [-0.05, 0) is 61.4 Å². The van der Waals surface area contributed by atoms with E-state index in [2.05, 4.69) is 16.8 Å². The number of carbonyl (C=O) groups excluding carboxylic acids is 1. The van der Waals surface area contributed by atoms with Crippen molar-refractivity contribution >= 4 is 5.91 Å². The molecule has 4 nitrogen and oxygen atoms in total. The van der Waals surface area contributed by atoms with Crippen LogP contribution in [0.1, 0.15) is 49.3 Å². The number of carbonyl (C=O) groups is 1. The van der Waals surface area contributed by atoms with E-state index in [4.69, 9.17) is 0 Å². The third-order valence-electron chi connectivity index (χ3n) is 6.91. The Morgan fingerprint density at radius 3 is 2.57 bits per heavy atom. The Labute approximate surface area is 162 Å². The van der Waals surface area contributed by atoms with Gasteiger partial charge in [-0.3, -0.25) is 4.79 Å². The Kier molecular flexibility index (Phi) is 3.70. The number of halogens is 2. The lowest BCUT2D eigenvalue weighted by Crippen LogP contribution is -2.50. The Hall–Kier alpha value is -2.63. The molecule has 2 atom stereocenters. The fourth-order valence-electron chi connectivity index (χ4n) is 5.06. The molecule has 2 fully saturated rings. The van der Waals surface area contributed by atoms with Gasteiger partial charge >= 0.3 is 0 Å². The molecule has 0 aliphatic heterocycles. The second-order valence-corrected chi connectivity index (χ2v) is 8.15. The molecule has 1 aromatic heterocycles. The summed E-state index contributed by atoms with van der Waals surface area (Å²) >= 11 is 0. The average molecular weight is 381 g/mol. The smallest absolute Gasteiger partial charge is 0.239 e. The first-order valence-corrected chi connectivity index (χ1v) is 9.74. The molecular formula is C22H21F2N3O. The van der Waals surface area contributed by atoms with Crippen molar-refractivity contribution in [3.8, 4) is 11.3 Å². The number of likely N-dealkylation sites (N-methyl/N-ethyl adjacent to an activating group) is 1. The molecule has 144 valence electrons. The van der Waals surface area contributed by atoms with Gasteiger partial charge in [0.05, 0.1) is 17.0 Å². The molecule has 2 bridgehead atoms. The summed E-state index contributed by atoms with van der Waals surface area (Å²) in [5.74, 6) is -1.33. The summed E-state index contributed by atoms with van der Waals surface area (Å²) in [5, 5.41) is 8.46. The number of nitrogens with zero attached hydrogens (tertiary/aromatic N) is 3. The fraction of sp³-hybridized carbons (Fsp3) is 0.409. The lowest BCUT2D eigenvalue weighted by molar-refractivity contribution is -0.138. The van der Waals surface area contributed by atoms with Gasteiger partial charge in [-0.25, -0.2) is 8.78 Å². The van der Waals surface area contributed by atoms with Crippen LogP contribution in [0, 0.1) is 11.6 Å². The Morgan fingerprint density at radius 1 is 1.21 bits per heavy atom. The molecule has 5 rings (SSSR count).